The van der Waals surface area contributed by atoms with Gasteiger partial charge in [-0.25, -0.2) is 0 Å². The summed E-state index contributed by atoms with van der Waals surface area (Å²) >= 11 is 5.51. The van der Waals surface area contributed by atoms with Gasteiger partial charge in [0.05, 0.1) is 11.6 Å². The van der Waals surface area contributed by atoms with Gasteiger partial charge in [0, 0.05) is 19.3 Å². The maximum Gasteiger partial charge on any atom is 0.411 e. The standard InChI is InChI=1S/C8H11ClF3N3O/c9-4-7-5-15(14-13-7)2-1-3-16-6-8(10,11)12/h5H,1-4,6H2. The summed E-state index contributed by atoms with van der Waals surface area (Å²) in [4.78, 5) is 0. The van der Waals surface area contributed by atoms with E-state index in [1.54, 1.807) is 6.20 Å². The highest BCUT2D eigenvalue weighted by molar-refractivity contribution is 6.16. The number of alkyl halides is 4. The number of hydrogen-bond acceptors (Lipinski definition) is 3. The Labute approximate surface area is 95.3 Å². The Morgan fingerprint density at radius 2 is 2.19 bits per heavy atom. The summed E-state index contributed by atoms with van der Waals surface area (Å²) < 4.78 is 41.0. The first-order valence-electron chi connectivity index (χ1n) is 4.61. The molecule has 0 saturated heterocycles. The second-order valence-electron chi connectivity index (χ2n) is 3.13. The van der Waals surface area contributed by atoms with Crippen LogP contribution >= 0.6 is 11.6 Å². The van der Waals surface area contributed by atoms with Crippen molar-refractivity contribution in [3.8, 4) is 0 Å². The van der Waals surface area contributed by atoms with E-state index in [-0.39, 0.29) is 12.5 Å². The molecule has 92 valence electrons. The highest BCUT2D eigenvalue weighted by Crippen LogP contribution is 2.14. The molecule has 0 N–H and O–H groups in total. The molecule has 1 rings (SSSR count). The van der Waals surface area contributed by atoms with Gasteiger partial charge in [0.2, 0.25) is 0 Å². The molecule has 1 heterocycles. The monoisotopic (exact) mass is 257 g/mol. The lowest BCUT2D eigenvalue weighted by atomic mass is 10.4. The fourth-order valence-electron chi connectivity index (χ4n) is 1.03. The van der Waals surface area contributed by atoms with Crippen molar-refractivity contribution in [2.24, 2.45) is 0 Å². The summed E-state index contributed by atoms with van der Waals surface area (Å²) in [6.07, 6.45) is -2.17. The van der Waals surface area contributed by atoms with E-state index in [1.165, 1.54) is 4.68 Å². The molecule has 0 unspecified atom stereocenters. The van der Waals surface area contributed by atoms with E-state index in [2.05, 4.69) is 15.0 Å². The fourth-order valence-corrected chi connectivity index (χ4v) is 1.15. The van der Waals surface area contributed by atoms with Gasteiger partial charge >= 0.3 is 6.18 Å². The summed E-state index contributed by atoms with van der Waals surface area (Å²) in [5.41, 5.74) is 0.637. The molecule has 0 aliphatic rings. The zero-order valence-corrected chi connectivity index (χ0v) is 9.13. The molecular formula is C8H11ClF3N3O. The van der Waals surface area contributed by atoms with Crippen LogP contribution in [-0.2, 0) is 17.2 Å². The van der Waals surface area contributed by atoms with E-state index in [0.29, 0.717) is 18.7 Å². The van der Waals surface area contributed by atoms with E-state index >= 15 is 0 Å². The van der Waals surface area contributed by atoms with Crippen LogP contribution in [-0.4, -0.2) is 34.4 Å². The largest absolute Gasteiger partial charge is 0.411 e. The van der Waals surface area contributed by atoms with Gasteiger partial charge in [0.15, 0.2) is 0 Å². The Kier molecular flexibility index (Phi) is 5.01. The third-order valence-corrected chi connectivity index (χ3v) is 1.94. The van der Waals surface area contributed by atoms with Crippen molar-refractivity contribution in [3.05, 3.63) is 11.9 Å². The molecule has 16 heavy (non-hydrogen) atoms. The van der Waals surface area contributed by atoms with Gasteiger partial charge in [0.1, 0.15) is 6.61 Å². The zero-order chi connectivity index (χ0) is 12.0. The van der Waals surface area contributed by atoms with E-state index in [1.807, 2.05) is 0 Å². The van der Waals surface area contributed by atoms with Crippen LogP contribution in [0.5, 0.6) is 0 Å². The highest BCUT2D eigenvalue weighted by atomic mass is 35.5. The van der Waals surface area contributed by atoms with Crippen LogP contribution in [0, 0.1) is 0 Å². The molecule has 0 aromatic carbocycles. The highest BCUT2D eigenvalue weighted by Gasteiger charge is 2.27. The molecule has 4 nitrogen and oxygen atoms in total. The first-order chi connectivity index (χ1) is 7.51. The third kappa shape index (κ3) is 5.32. The molecule has 0 amide bonds. The summed E-state index contributed by atoms with van der Waals surface area (Å²) in [7, 11) is 0. The van der Waals surface area contributed by atoms with Crippen LogP contribution in [0.3, 0.4) is 0 Å². The Bertz CT molecular complexity index is 316. The van der Waals surface area contributed by atoms with Crippen LogP contribution in [0.25, 0.3) is 0 Å². The average molecular weight is 258 g/mol. The summed E-state index contributed by atoms with van der Waals surface area (Å²) in [5, 5.41) is 7.47. The van der Waals surface area contributed by atoms with Gasteiger partial charge in [-0.3, -0.25) is 4.68 Å². The van der Waals surface area contributed by atoms with Crippen molar-refractivity contribution in [1.82, 2.24) is 15.0 Å². The third-order valence-electron chi connectivity index (χ3n) is 1.66. The Balaban J connectivity index is 2.11. The molecule has 0 bridgehead atoms. The number of nitrogens with zero attached hydrogens (tertiary/aromatic N) is 3. The number of halogens is 4. The van der Waals surface area contributed by atoms with E-state index in [4.69, 9.17) is 11.6 Å². The zero-order valence-electron chi connectivity index (χ0n) is 8.37. The molecule has 0 fully saturated rings. The lowest BCUT2D eigenvalue weighted by Gasteiger charge is -2.06. The van der Waals surface area contributed by atoms with E-state index in [9.17, 15) is 13.2 Å². The lowest BCUT2D eigenvalue weighted by Crippen LogP contribution is -2.17. The molecule has 0 aliphatic heterocycles. The Hall–Kier alpha value is -0.820. The van der Waals surface area contributed by atoms with Crippen molar-refractivity contribution in [2.75, 3.05) is 13.2 Å². The average Bonchev–Trinajstić information content (AvgIpc) is 2.63. The SMILES string of the molecule is FC(F)(F)COCCCn1cc(CCl)nn1. The lowest BCUT2D eigenvalue weighted by molar-refractivity contribution is -0.174. The minimum absolute atomic E-state index is 0.0373. The minimum Gasteiger partial charge on any atom is -0.372 e. The maximum atomic E-state index is 11.7. The number of aryl methyl sites for hydroxylation is 1. The number of hydrogen-bond donors (Lipinski definition) is 0. The second kappa shape index (κ2) is 6.05. The van der Waals surface area contributed by atoms with Crippen LogP contribution in [0.1, 0.15) is 12.1 Å². The topological polar surface area (TPSA) is 39.9 Å². The predicted octanol–water partition coefficient (Wildman–Crippen LogP) is 1.99. The fraction of sp³-hybridized carbons (Fsp3) is 0.750. The van der Waals surface area contributed by atoms with Crippen LogP contribution < -0.4 is 0 Å². The quantitative estimate of drug-likeness (QED) is 0.578. The van der Waals surface area contributed by atoms with E-state index < -0.39 is 12.8 Å². The van der Waals surface area contributed by atoms with Crippen molar-refractivity contribution in [1.29, 1.82) is 0 Å². The van der Waals surface area contributed by atoms with Crippen molar-refractivity contribution in [3.63, 3.8) is 0 Å². The first kappa shape index (κ1) is 13.2. The molecule has 0 radical (unpaired) electrons. The number of aromatic nitrogens is 3. The summed E-state index contributed by atoms with van der Waals surface area (Å²) in [6, 6.07) is 0. The Morgan fingerprint density at radius 3 is 2.75 bits per heavy atom. The summed E-state index contributed by atoms with van der Waals surface area (Å²) in [5.74, 6) is 0.268. The molecular weight excluding hydrogens is 247 g/mol. The second-order valence-corrected chi connectivity index (χ2v) is 3.40. The Morgan fingerprint density at radius 1 is 1.44 bits per heavy atom. The van der Waals surface area contributed by atoms with Gasteiger partial charge < -0.3 is 4.74 Å². The minimum atomic E-state index is -4.26. The molecule has 1 aromatic heterocycles. The van der Waals surface area contributed by atoms with E-state index in [0.717, 1.165) is 0 Å². The van der Waals surface area contributed by atoms with Gasteiger partial charge in [-0.15, -0.1) is 16.7 Å². The molecule has 8 heteroatoms. The van der Waals surface area contributed by atoms with Gasteiger partial charge in [-0.2, -0.15) is 13.2 Å². The number of ether oxygens (including phenoxy) is 1. The van der Waals surface area contributed by atoms with Gasteiger partial charge in [0.25, 0.3) is 0 Å². The summed E-state index contributed by atoms with van der Waals surface area (Å²) in [6.45, 7) is -0.714. The van der Waals surface area contributed by atoms with Crippen LogP contribution in [0.4, 0.5) is 13.2 Å². The molecule has 0 saturated carbocycles. The maximum absolute atomic E-state index is 11.7. The van der Waals surface area contributed by atoms with Crippen molar-refractivity contribution in [2.45, 2.75) is 25.0 Å². The van der Waals surface area contributed by atoms with Crippen LogP contribution in [0.2, 0.25) is 0 Å². The molecule has 0 aliphatic carbocycles. The van der Waals surface area contributed by atoms with Crippen molar-refractivity contribution < 1.29 is 17.9 Å². The van der Waals surface area contributed by atoms with Gasteiger partial charge in [-0.1, -0.05) is 5.21 Å². The predicted molar refractivity (Wildman–Crippen MR) is 51.1 cm³/mol. The molecule has 0 spiro atoms. The van der Waals surface area contributed by atoms with Crippen molar-refractivity contribution >= 4 is 11.6 Å². The first-order valence-corrected chi connectivity index (χ1v) is 5.14. The normalized spacial score (nSPS) is 12.0. The molecule has 0 atom stereocenters. The number of rotatable bonds is 6. The van der Waals surface area contributed by atoms with Crippen LogP contribution in [0.15, 0.2) is 6.20 Å². The smallest absolute Gasteiger partial charge is 0.372 e. The van der Waals surface area contributed by atoms with Gasteiger partial charge in [-0.05, 0) is 6.42 Å². The molecule has 1 aromatic rings.